The summed E-state index contributed by atoms with van der Waals surface area (Å²) in [6.07, 6.45) is -1.88. The van der Waals surface area contributed by atoms with Gasteiger partial charge in [-0.05, 0) is 44.5 Å². The average molecular weight is 424 g/mol. The SMILES string of the molecule is CC(O)C(=O)[O-].CC(O)C(=O)[O-].CCCOC(=O)c1ccc(O)cc1.[Zn+2]. The van der Waals surface area contributed by atoms with Crippen LogP contribution >= 0.6 is 0 Å². The maximum Gasteiger partial charge on any atom is 2.00 e. The minimum Gasteiger partial charge on any atom is -0.547 e. The van der Waals surface area contributed by atoms with E-state index in [4.69, 9.17) is 20.1 Å². The van der Waals surface area contributed by atoms with Crippen molar-refractivity contribution in [2.24, 2.45) is 0 Å². The average Bonchev–Trinajstić information content (AvgIpc) is 2.54. The number of aliphatic hydroxyl groups is 2. The number of phenolic OH excluding ortho intramolecular Hbond substituents is 1. The number of hydrogen-bond donors (Lipinski definition) is 3. The predicted octanol–water partition coefficient (Wildman–Crippen LogP) is -1.81. The zero-order valence-electron chi connectivity index (χ0n) is 14.9. The van der Waals surface area contributed by atoms with Crippen LogP contribution in [0.1, 0.15) is 37.6 Å². The second-order valence-electron chi connectivity index (χ2n) is 4.67. The third kappa shape index (κ3) is 16.8. The fraction of sp³-hybridized carbons (Fsp3) is 0.438. The molecule has 2 unspecified atom stereocenters. The van der Waals surface area contributed by atoms with Crippen molar-refractivity contribution in [3.8, 4) is 5.75 Å². The second-order valence-corrected chi connectivity index (χ2v) is 4.67. The minimum absolute atomic E-state index is 0. The van der Waals surface area contributed by atoms with Crippen LogP contribution < -0.4 is 10.2 Å². The Morgan fingerprint density at radius 2 is 1.35 bits per heavy atom. The molecule has 26 heavy (non-hydrogen) atoms. The molecule has 1 aromatic rings. The molecule has 0 heterocycles. The smallest absolute Gasteiger partial charge is 0.547 e. The normalized spacial score (nSPS) is 11.1. The Morgan fingerprint density at radius 3 is 1.62 bits per heavy atom. The molecule has 3 N–H and O–H groups in total. The summed E-state index contributed by atoms with van der Waals surface area (Å²) in [5.74, 6) is -3.07. The van der Waals surface area contributed by atoms with E-state index in [1.165, 1.54) is 24.3 Å². The summed E-state index contributed by atoms with van der Waals surface area (Å²) in [4.78, 5) is 29.9. The predicted molar refractivity (Wildman–Crippen MR) is 82.1 cm³/mol. The fourth-order valence-corrected chi connectivity index (χ4v) is 0.876. The van der Waals surface area contributed by atoms with Crippen LogP contribution in [0.5, 0.6) is 5.75 Å². The first-order valence-corrected chi connectivity index (χ1v) is 7.26. The van der Waals surface area contributed by atoms with Gasteiger partial charge in [-0.15, -0.1) is 0 Å². The third-order valence-corrected chi connectivity index (χ3v) is 2.22. The number of aliphatic hydroxyl groups excluding tert-OH is 2. The molecular weight excluding hydrogens is 402 g/mol. The Balaban J connectivity index is -0.000000345. The largest absolute Gasteiger partial charge is 2.00 e. The molecule has 10 heteroatoms. The molecule has 0 radical (unpaired) electrons. The Kier molecular flexibility index (Phi) is 18.2. The molecule has 0 aliphatic carbocycles. The van der Waals surface area contributed by atoms with Crippen molar-refractivity contribution >= 4 is 17.9 Å². The van der Waals surface area contributed by atoms with Gasteiger partial charge in [0.2, 0.25) is 0 Å². The van der Waals surface area contributed by atoms with Gasteiger partial charge < -0.3 is 39.9 Å². The summed E-state index contributed by atoms with van der Waals surface area (Å²) in [7, 11) is 0. The molecule has 9 nitrogen and oxygen atoms in total. The summed E-state index contributed by atoms with van der Waals surface area (Å²) < 4.78 is 4.90. The summed E-state index contributed by atoms with van der Waals surface area (Å²) >= 11 is 0. The van der Waals surface area contributed by atoms with Crippen LogP contribution in [0, 0.1) is 0 Å². The second kappa shape index (κ2) is 16.4. The molecular formula is C16H22O9Zn. The van der Waals surface area contributed by atoms with Crippen LogP contribution in [0.3, 0.4) is 0 Å². The number of carboxylic acid groups (broad SMARTS) is 2. The Hall–Kier alpha value is -2.03. The zero-order chi connectivity index (χ0) is 20.0. The number of ether oxygens (including phenoxy) is 1. The standard InChI is InChI=1S/C10H12O3.2C3H6O3.Zn/c1-2-7-13-10(12)8-3-5-9(11)6-4-8;2*1-2(4)3(5)6;/h3-6,11H,2,7H2,1H3;2*2,4H,1H3,(H,5,6);/q;;;+2/p-2. The van der Waals surface area contributed by atoms with Crippen molar-refractivity contribution in [3.05, 3.63) is 29.8 Å². The van der Waals surface area contributed by atoms with Gasteiger partial charge in [0, 0.05) is 0 Å². The molecule has 142 valence electrons. The van der Waals surface area contributed by atoms with Crippen molar-refractivity contribution in [2.75, 3.05) is 6.61 Å². The van der Waals surface area contributed by atoms with Gasteiger partial charge in [-0.25, -0.2) is 4.79 Å². The van der Waals surface area contributed by atoms with Gasteiger partial charge in [-0.2, -0.15) is 0 Å². The summed E-state index contributed by atoms with van der Waals surface area (Å²) in [6, 6.07) is 5.99. The third-order valence-electron chi connectivity index (χ3n) is 2.22. The van der Waals surface area contributed by atoms with E-state index in [-0.39, 0.29) is 31.2 Å². The van der Waals surface area contributed by atoms with Gasteiger partial charge >= 0.3 is 25.4 Å². The molecule has 0 saturated carbocycles. The molecule has 0 bridgehead atoms. The maximum atomic E-state index is 11.2. The number of benzene rings is 1. The van der Waals surface area contributed by atoms with E-state index < -0.39 is 24.1 Å². The monoisotopic (exact) mass is 422 g/mol. The first-order valence-electron chi connectivity index (χ1n) is 7.26. The van der Waals surface area contributed by atoms with Crippen LogP contribution in [0.2, 0.25) is 0 Å². The topological polar surface area (TPSA) is 167 Å². The van der Waals surface area contributed by atoms with Crippen LogP contribution in [0.15, 0.2) is 24.3 Å². The van der Waals surface area contributed by atoms with E-state index in [2.05, 4.69) is 0 Å². The molecule has 1 rings (SSSR count). The van der Waals surface area contributed by atoms with E-state index in [0.717, 1.165) is 20.3 Å². The quantitative estimate of drug-likeness (QED) is 0.365. The maximum absolute atomic E-state index is 11.2. The van der Waals surface area contributed by atoms with Crippen molar-refractivity contribution < 1.29 is 64.1 Å². The number of phenols is 1. The fourth-order valence-electron chi connectivity index (χ4n) is 0.876. The number of hydrogen-bond acceptors (Lipinski definition) is 9. The number of esters is 1. The van der Waals surface area contributed by atoms with E-state index in [9.17, 15) is 24.6 Å². The molecule has 0 aliphatic heterocycles. The van der Waals surface area contributed by atoms with Gasteiger partial charge in [0.15, 0.2) is 0 Å². The number of rotatable bonds is 5. The number of carboxylic acids is 2. The molecule has 0 aliphatic rings. The van der Waals surface area contributed by atoms with Gasteiger partial charge in [0.25, 0.3) is 0 Å². The van der Waals surface area contributed by atoms with Gasteiger partial charge in [0.05, 0.1) is 36.3 Å². The van der Waals surface area contributed by atoms with Crippen LogP contribution in [-0.2, 0) is 33.8 Å². The van der Waals surface area contributed by atoms with E-state index >= 15 is 0 Å². The zero-order valence-corrected chi connectivity index (χ0v) is 17.8. The van der Waals surface area contributed by atoms with E-state index in [1.54, 1.807) is 0 Å². The summed E-state index contributed by atoms with van der Waals surface area (Å²) in [6.45, 7) is 4.63. The molecule has 0 amide bonds. The van der Waals surface area contributed by atoms with Crippen LogP contribution in [-0.4, -0.2) is 52.0 Å². The van der Waals surface area contributed by atoms with Gasteiger partial charge in [-0.3, -0.25) is 0 Å². The number of aromatic hydroxyl groups is 1. The molecule has 0 saturated heterocycles. The van der Waals surface area contributed by atoms with Crippen molar-refractivity contribution in [3.63, 3.8) is 0 Å². The molecule has 0 spiro atoms. The van der Waals surface area contributed by atoms with Crippen molar-refractivity contribution in [1.82, 2.24) is 0 Å². The number of carbonyl (C=O) groups is 3. The first-order chi connectivity index (χ1) is 11.5. The van der Waals surface area contributed by atoms with E-state index in [1.807, 2.05) is 6.92 Å². The Labute approximate surface area is 164 Å². The van der Waals surface area contributed by atoms with Crippen molar-refractivity contribution in [1.29, 1.82) is 0 Å². The summed E-state index contributed by atoms with van der Waals surface area (Å²) in [5.41, 5.74) is 0.464. The first kappa shape index (κ1) is 28.8. The number of aliphatic carboxylic acids is 2. The van der Waals surface area contributed by atoms with Crippen LogP contribution in [0.4, 0.5) is 0 Å². The van der Waals surface area contributed by atoms with E-state index in [0.29, 0.717) is 12.2 Å². The molecule has 1 aromatic carbocycles. The minimum atomic E-state index is -1.44. The molecule has 0 aromatic heterocycles. The van der Waals surface area contributed by atoms with Crippen LogP contribution in [0.25, 0.3) is 0 Å². The van der Waals surface area contributed by atoms with Crippen molar-refractivity contribution in [2.45, 2.75) is 39.4 Å². The summed E-state index contributed by atoms with van der Waals surface area (Å²) in [5, 5.41) is 43.6. The Morgan fingerprint density at radius 1 is 1.00 bits per heavy atom. The molecule has 0 fully saturated rings. The van der Waals surface area contributed by atoms with Gasteiger partial charge in [0.1, 0.15) is 5.75 Å². The molecule has 2 atom stereocenters. The van der Waals surface area contributed by atoms with Gasteiger partial charge in [-0.1, -0.05) is 6.92 Å². The number of carbonyl (C=O) groups excluding carboxylic acids is 3. The Bertz CT molecular complexity index is 509.